The lowest BCUT2D eigenvalue weighted by Gasteiger charge is -2.60. The highest BCUT2D eigenvalue weighted by Crippen LogP contribution is 2.55. The Kier molecular flexibility index (Phi) is 4.69. The first-order valence-electron chi connectivity index (χ1n) is 12.2. The number of aliphatic hydroxyl groups excluding tert-OH is 1. The second-order valence-electron chi connectivity index (χ2n) is 9.75. The molecule has 4 rings (SSSR count). The van der Waals surface area contributed by atoms with Gasteiger partial charge in [0.05, 0.1) is 24.9 Å². The third-order valence-corrected chi connectivity index (χ3v) is 6.46. The molecule has 0 amide bonds. The van der Waals surface area contributed by atoms with Gasteiger partial charge in [-0.3, -0.25) is 4.68 Å². The van der Waals surface area contributed by atoms with Gasteiger partial charge in [-0.05, 0) is 13.0 Å². The van der Waals surface area contributed by atoms with E-state index in [0.717, 1.165) is 4.68 Å². The van der Waals surface area contributed by atoms with E-state index in [2.05, 4.69) is 26.5 Å². The summed E-state index contributed by atoms with van der Waals surface area (Å²) in [4.78, 5) is 8.94. The van der Waals surface area contributed by atoms with Gasteiger partial charge in [0.15, 0.2) is 0 Å². The maximum atomic E-state index is 10.6. The summed E-state index contributed by atoms with van der Waals surface area (Å²) in [5.41, 5.74) is 0.0942. The van der Waals surface area contributed by atoms with Crippen molar-refractivity contribution in [2.75, 3.05) is 19.0 Å². The zero-order valence-electron chi connectivity index (χ0n) is 22.6. The molecule has 3 aromatic heterocycles. The minimum atomic E-state index is -2.53. The van der Waals surface area contributed by atoms with Crippen molar-refractivity contribution in [1.82, 2.24) is 24.3 Å². The molecule has 1 aliphatic rings. The first-order valence-corrected chi connectivity index (χ1v) is 10.7. The van der Waals surface area contributed by atoms with Crippen molar-refractivity contribution in [3.63, 3.8) is 0 Å². The van der Waals surface area contributed by atoms with Crippen LogP contribution in [0, 0.1) is 22.2 Å². The number of ether oxygens (including phenoxy) is 2. The summed E-state index contributed by atoms with van der Waals surface area (Å²) in [7, 11) is 1.59. The molecule has 3 aromatic rings. The Morgan fingerprint density at radius 3 is 2.73 bits per heavy atom. The number of methoxy groups -OCH3 is 1. The van der Waals surface area contributed by atoms with Crippen molar-refractivity contribution in [3.05, 3.63) is 24.2 Å². The van der Waals surface area contributed by atoms with Crippen molar-refractivity contribution in [1.29, 1.82) is 5.26 Å². The predicted molar refractivity (Wildman–Crippen MR) is 123 cm³/mol. The summed E-state index contributed by atoms with van der Waals surface area (Å²) in [6.45, 7) is 7.33. The lowest BCUT2D eigenvalue weighted by molar-refractivity contribution is -0.237. The van der Waals surface area contributed by atoms with E-state index in [4.69, 9.17) is 13.6 Å². The standard InChI is InChI=1S/C23H31N7O3/c1-13(12-32-7)30-15(9-24)8-14-10-25-21(27-17(14)30)26-16-11-29(6)28-18(16)33-20-22(2,3)19(31)23(20,4)5/h8,10-11,13,19-20,31H,12H2,1-7H3,(H,25,26,27)/t13-,19-,20-/m0/s1/i6D3. The number of aromatic nitrogens is 5. The molecule has 1 saturated carbocycles. The number of anilines is 2. The maximum Gasteiger partial charge on any atom is 0.257 e. The fourth-order valence-corrected chi connectivity index (χ4v) is 5.09. The van der Waals surface area contributed by atoms with Crippen LogP contribution < -0.4 is 10.1 Å². The van der Waals surface area contributed by atoms with Gasteiger partial charge in [0.2, 0.25) is 5.95 Å². The zero-order chi connectivity index (χ0) is 26.6. The van der Waals surface area contributed by atoms with E-state index in [-0.39, 0.29) is 23.6 Å². The number of nitrogens with zero attached hydrogens (tertiary/aromatic N) is 6. The Hall–Kier alpha value is -3.16. The fraction of sp³-hybridized carbons (Fsp3) is 0.565. The molecule has 0 spiro atoms. The molecular formula is C23H31N7O3. The molecule has 0 aromatic carbocycles. The normalized spacial score (nSPS) is 23.6. The summed E-state index contributed by atoms with van der Waals surface area (Å²) in [6.07, 6.45) is 1.88. The first kappa shape index (κ1) is 19.3. The highest BCUT2D eigenvalue weighted by Gasteiger charge is 2.63. The molecule has 3 heterocycles. The maximum absolute atomic E-state index is 10.6. The van der Waals surface area contributed by atoms with E-state index in [1.54, 1.807) is 23.9 Å². The molecule has 1 fully saturated rings. The van der Waals surface area contributed by atoms with Gasteiger partial charge in [-0.15, -0.1) is 5.10 Å². The largest absolute Gasteiger partial charge is 0.470 e. The molecule has 0 bridgehead atoms. The minimum Gasteiger partial charge on any atom is -0.470 e. The first-order chi connectivity index (χ1) is 16.7. The summed E-state index contributed by atoms with van der Waals surface area (Å²) >= 11 is 0. The van der Waals surface area contributed by atoms with Gasteiger partial charge in [0.1, 0.15) is 29.2 Å². The average molecular weight is 457 g/mol. The lowest BCUT2D eigenvalue weighted by Crippen LogP contribution is -2.69. The van der Waals surface area contributed by atoms with Gasteiger partial charge in [-0.1, -0.05) is 27.7 Å². The molecule has 0 aliphatic heterocycles. The van der Waals surface area contributed by atoms with Crippen LogP contribution in [-0.4, -0.2) is 55.3 Å². The van der Waals surface area contributed by atoms with E-state index in [1.165, 1.54) is 6.20 Å². The van der Waals surface area contributed by atoms with Crippen LogP contribution in [0.4, 0.5) is 11.6 Å². The van der Waals surface area contributed by atoms with Crippen LogP contribution in [0.1, 0.15) is 50.5 Å². The SMILES string of the molecule is [2H]C([2H])([2H])n1cc(Nc2ncc3cc(C#N)n([C@@H](C)COC)c3n2)c(O[C@H]2C(C)(C)[C@H](O)C2(C)C)n1. The number of aliphatic hydroxyl groups is 1. The number of nitrogens with one attached hydrogen (secondary N) is 1. The van der Waals surface area contributed by atoms with Crippen LogP contribution in [-0.2, 0) is 11.7 Å². The molecule has 0 unspecified atom stereocenters. The average Bonchev–Trinajstić information content (AvgIpc) is 3.37. The van der Waals surface area contributed by atoms with Crippen molar-refractivity contribution in [2.45, 2.75) is 52.9 Å². The number of hydrogen-bond acceptors (Lipinski definition) is 8. The van der Waals surface area contributed by atoms with Gasteiger partial charge >= 0.3 is 0 Å². The minimum absolute atomic E-state index is 0.0636. The van der Waals surface area contributed by atoms with E-state index >= 15 is 0 Å². The van der Waals surface area contributed by atoms with Gasteiger partial charge in [0.25, 0.3) is 5.88 Å². The van der Waals surface area contributed by atoms with E-state index < -0.39 is 30.0 Å². The Morgan fingerprint density at radius 1 is 1.36 bits per heavy atom. The van der Waals surface area contributed by atoms with E-state index in [0.29, 0.717) is 23.3 Å². The van der Waals surface area contributed by atoms with Crippen LogP contribution >= 0.6 is 0 Å². The fourth-order valence-electron chi connectivity index (χ4n) is 5.09. The molecule has 2 N–H and O–H groups in total. The molecule has 0 saturated heterocycles. The van der Waals surface area contributed by atoms with Gasteiger partial charge in [-0.25, -0.2) is 4.98 Å². The second kappa shape index (κ2) is 8.01. The third kappa shape index (κ3) is 3.71. The quantitative estimate of drug-likeness (QED) is 0.556. The van der Waals surface area contributed by atoms with Gasteiger partial charge in [-0.2, -0.15) is 10.2 Å². The Morgan fingerprint density at radius 2 is 2.09 bits per heavy atom. The number of fused-ring (bicyclic) bond motifs is 1. The molecule has 0 radical (unpaired) electrons. The van der Waals surface area contributed by atoms with Crippen LogP contribution in [0.5, 0.6) is 5.88 Å². The highest BCUT2D eigenvalue weighted by molar-refractivity contribution is 5.79. The van der Waals surface area contributed by atoms with E-state index in [1.807, 2.05) is 34.6 Å². The molecule has 176 valence electrons. The molecule has 33 heavy (non-hydrogen) atoms. The molecule has 1 atom stereocenters. The topological polar surface area (TPSA) is 123 Å². The second-order valence-corrected chi connectivity index (χ2v) is 9.75. The third-order valence-electron chi connectivity index (χ3n) is 6.46. The monoisotopic (exact) mass is 456 g/mol. The number of aryl methyl sites for hydroxylation is 1. The van der Waals surface area contributed by atoms with Crippen LogP contribution in [0.15, 0.2) is 18.5 Å². The Bertz CT molecular complexity index is 1310. The predicted octanol–water partition coefficient (Wildman–Crippen LogP) is 3.16. The van der Waals surface area contributed by atoms with Crippen molar-refractivity contribution in [3.8, 4) is 11.9 Å². The zero-order valence-corrected chi connectivity index (χ0v) is 19.6. The summed E-state index contributed by atoms with van der Waals surface area (Å²) < 4.78 is 37.4. The van der Waals surface area contributed by atoms with Crippen molar-refractivity contribution in [2.24, 2.45) is 17.8 Å². The van der Waals surface area contributed by atoms with Crippen LogP contribution in [0.3, 0.4) is 0 Å². The molecular weight excluding hydrogens is 422 g/mol. The van der Waals surface area contributed by atoms with Gasteiger partial charge < -0.3 is 24.5 Å². The van der Waals surface area contributed by atoms with E-state index in [9.17, 15) is 10.4 Å². The molecule has 10 nitrogen and oxygen atoms in total. The summed E-state index contributed by atoms with van der Waals surface area (Å²) in [5, 5.41) is 28.0. The van der Waals surface area contributed by atoms with Crippen molar-refractivity contribution < 1.29 is 18.7 Å². The Labute approximate surface area is 197 Å². The highest BCUT2D eigenvalue weighted by atomic mass is 16.5. The number of hydrogen-bond donors (Lipinski definition) is 2. The summed E-state index contributed by atoms with van der Waals surface area (Å²) in [6, 6.07) is 3.73. The van der Waals surface area contributed by atoms with Gasteiger partial charge in [0, 0.05) is 40.6 Å². The molecule has 1 aliphatic carbocycles. The molecule has 10 heteroatoms. The van der Waals surface area contributed by atoms with Crippen LogP contribution in [0.2, 0.25) is 0 Å². The Balaban J connectivity index is 1.73. The lowest BCUT2D eigenvalue weighted by atomic mass is 9.51. The smallest absolute Gasteiger partial charge is 0.257 e. The number of rotatable bonds is 7. The van der Waals surface area contributed by atoms with Crippen LogP contribution in [0.25, 0.3) is 11.0 Å². The number of nitriles is 1. The summed E-state index contributed by atoms with van der Waals surface area (Å²) in [5.74, 6) is 0.242. The van der Waals surface area contributed by atoms with Crippen molar-refractivity contribution >= 4 is 22.7 Å².